The van der Waals surface area contributed by atoms with Gasteiger partial charge < -0.3 is 19.8 Å². The molecule has 1 aromatic carbocycles. The summed E-state index contributed by atoms with van der Waals surface area (Å²) in [6.07, 6.45) is 0.890. The highest BCUT2D eigenvalue weighted by molar-refractivity contribution is 9.10. The number of furan rings is 1. The number of amides is 2. The summed E-state index contributed by atoms with van der Waals surface area (Å²) in [6, 6.07) is 6.61. The van der Waals surface area contributed by atoms with Crippen molar-refractivity contribution in [3.8, 4) is 5.75 Å². The molecule has 1 unspecified atom stereocenters. The van der Waals surface area contributed by atoms with Crippen molar-refractivity contribution in [3.63, 3.8) is 0 Å². The van der Waals surface area contributed by atoms with Gasteiger partial charge in [0.05, 0.1) is 17.5 Å². The van der Waals surface area contributed by atoms with E-state index in [0.717, 1.165) is 0 Å². The van der Waals surface area contributed by atoms with Gasteiger partial charge in [0.25, 0.3) is 11.8 Å². The molecule has 0 bridgehead atoms. The zero-order valence-electron chi connectivity index (χ0n) is 11.0. The molecule has 108 valence electrons. The summed E-state index contributed by atoms with van der Waals surface area (Å²) in [5.41, 5.74) is 1.47. The van der Waals surface area contributed by atoms with Crippen molar-refractivity contribution < 1.29 is 18.7 Å². The van der Waals surface area contributed by atoms with Crippen LogP contribution in [0.2, 0.25) is 0 Å². The summed E-state index contributed by atoms with van der Waals surface area (Å²) < 4.78 is 10.8. The minimum Gasteiger partial charge on any atom is -0.479 e. The molecule has 0 radical (unpaired) electrons. The third kappa shape index (κ3) is 2.64. The summed E-state index contributed by atoms with van der Waals surface area (Å²) in [7, 11) is 0. The number of halogens is 1. The second-order valence-corrected chi connectivity index (χ2v) is 5.24. The number of rotatable bonds is 2. The van der Waals surface area contributed by atoms with Gasteiger partial charge in [-0.1, -0.05) is 0 Å². The Bertz CT molecular complexity index is 726. The third-order valence-corrected chi connectivity index (χ3v) is 3.64. The lowest BCUT2D eigenvalue weighted by molar-refractivity contribution is -0.122. The smallest absolute Gasteiger partial charge is 0.265 e. The Balaban J connectivity index is 1.82. The lowest BCUT2D eigenvalue weighted by atomic mass is 10.2. The van der Waals surface area contributed by atoms with Crippen LogP contribution >= 0.6 is 15.9 Å². The van der Waals surface area contributed by atoms with E-state index < -0.39 is 6.10 Å². The van der Waals surface area contributed by atoms with Crippen molar-refractivity contribution in [2.24, 2.45) is 0 Å². The molecular formula is C14H11BrN2O4. The molecule has 2 amide bonds. The molecule has 0 saturated heterocycles. The topological polar surface area (TPSA) is 80.6 Å². The Morgan fingerprint density at radius 1 is 1.38 bits per heavy atom. The van der Waals surface area contributed by atoms with E-state index in [1.807, 2.05) is 0 Å². The van der Waals surface area contributed by atoms with Crippen molar-refractivity contribution in [3.05, 3.63) is 40.8 Å². The predicted octanol–water partition coefficient (Wildman–Crippen LogP) is 3.01. The molecule has 1 aromatic heterocycles. The van der Waals surface area contributed by atoms with Crippen LogP contribution in [0, 0.1) is 0 Å². The largest absolute Gasteiger partial charge is 0.479 e. The average Bonchev–Trinajstić information content (AvgIpc) is 2.87. The Morgan fingerprint density at radius 2 is 2.19 bits per heavy atom. The van der Waals surface area contributed by atoms with Crippen LogP contribution in [-0.4, -0.2) is 17.9 Å². The van der Waals surface area contributed by atoms with Crippen LogP contribution in [0.25, 0.3) is 0 Å². The fraction of sp³-hybridized carbons (Fsp3) is 0.143. The van der Waals surface area contributed by atoms with Crippen molar-refractivity contribution in [2.45, 2.75) is 13.0 Å². The molecule has 7 heteroatoms. The molecule has 1 aliphatic heterocycles. The molecule has 1 aliphatic rings. The van der Waals surface area contributed by atoms with Crippen LogP contribution in [0.1, 0.15) is 17.3 Å². The van der Waals surface area contributed by atoms with Gasteiger partial charge in [-0.3, -0.25) is 9.59 Å². The lowest BCUT2D eigenvalue weighted by Crippen LogP contribution is -2.34. The summed E-state index contributed by atoms with van der Waals surface area (Å²) in [5.74, 6) is 0.0418. The molecule has 2 heterocycles. The Hall–Kier alpha value is -2.28. The molecule has 2 aromatic rings. The molecule has 0 spiro atoms. The quantitative estimate of drug-likeness (QED) is 0.872. The second-order valence-electron chi connectivity index (χ2n) is 4.52. The van der Waals surface area contributed by atoms with E-state index in [1.165, 1.54) is 6.26 Å². The second kappa shape index (κ2) is 5.25. The minimum absolute atomic E-state index is 0.219. The lowest BCUT2D eigenvalue weighted by Gasteiger charge is -2.23. The number of benzene rings is 1. The Labute approximate surface area is 128 Å². The molecule has 1 atom stereocenters. The van der Waals surface area contributed by atoms with Gasteiger partial charge in [0.15, 0.2) is 10.8 Å². The fourth-order valence-electron chi connectivity index (χ4n) is 1.94. The zero-order valence-corrected chi connectivity index (χ0v) is 12.6. The number of anilines is 2. The maximum atomic E-state index is 12.1. The molecular weight excluding hydrogens is 340 g/mol. The number of nitrogens with one attached hydrogen (secondary N) is 2. The highest BCUT2D eigenvalue weighted by Gasteiger charge is 2.23. The van der Waals surface area contributed by atoms with Crippen molar-refractivity contribution in [1.29, 1.82) is 0 Å². The van der Waals surface area contributed by atoms with Crippen molar-refractivity contribution in [1.82, 2.24) is 0 Å². The highest BCUT2D eigenvalue weighted by Crippen LogP contribution is 2.32. The number of carbonyl (C=O) groups is 2. The number of carbonyl (C=O) groups excluding carboxylic acids is 2. The number of hydrogen-bond donors (Lipinski definition) is 2. The average molecular weight is 351 g/mol. The highest BCUT2D eigenvalue weighted by atomic mass is 79.9. The van der Waals surface area contributed by atoms with Gasteiger partial charge in [0.1, 0.15) is 5.75 Å². The van der Waals surface area contributed by atoms with E-state index in [1.54, 1.807) is 31.2 Å². The maximum Gasteiger partial charge on any atom is 0.265 e. The number of ether oxygens (including phenoxy) is 1. The van der Waals surface area contributed by atoms with Gasteiger partial charge >= 0.3 is 0 Å². The SMILES string of the molecule is CC1Oc2ccc(NC(=O)c3ccoc3Br)cc2NC1=O. The summed E-state index contributed by atoms with van der Waals surface area (Å²) in [4.78, 5) is 23.6. The van der Waals surface area contributed by atoms with E-state index in [9.17, 15) is 9.59 Å². The number of hydrogen-bond acceptors (Lipinski definition) is 4. The van der Waals surface area contributed by atoms with Gasteiger partial charge in [-0.15, -0.1) is 0 Å². The monoisotopic (exact) mass is 350 g/mol. The van der Waals surface area contributed by atoms with Crippen LogP contribution in [0.5, 0.6) is 5.75 Å². The van der Waals surface area contributed by atoms with Crippen LogP contribution < -0.4 is 15.4 Å². The fourth-order valence-corrected chi connectivity index (χ4v) is 2.36. The Kier molecular flexibility index (Phi) is 3.42. The maximum absolute atomic E-state index is 12.1. The van der Waals surface area contributed by atoms with Gasteiger partial charge in [-0.25, -0.2) is 0 Å². The van der Waals surface area contributed by atoms with Crippen LogP contribution in [0.3, 0.4) is 0 Å². The van der Waals surface area contributed by atoms with Crippen LogP contribution in [-0.2, 0) is 4.79 Å². The molecule has 3 rings (SSSR count). The first kappa shape index (κ1) is 13.7. The van der Waals surface area contributed by atoms with Gasteiger partial charge in [0, 0.05) is 5.69 Å². The molecule has 0 fully saturated rings. The van der Waals surface area contributed by atoms with Crippen LogP contribution in [0.4, 0.5) is 11.4 Å². The van der Waals surface area contributed by atoms with E-state index >= 15 is 0 Å². The first-order valence-corrected chi connectivity index (χ1v) is 7.00. The molecule has 0 saturated carbocycles. The molecule has 6 nitrogen and oxygen atoms in total. The summed E-state index contributed by atoms with van der Waals surface area (Å²) in [6.45, 7) is 1.67. The molecule has 21 heavy (non-hydrogen) atoms. The normalized spacial score (nSPS) is 16.7. The van der Waals surface area contributed by atoms with Gasteiger partial charge in [0.2, 0.25) is 0 Å². The van der Waals surface area contributed by atoms with Gasteiger partial charge in [-0.05, 0) is 47.1 Å². The van der Waals surface area contributed by atoms with Crippen molar-refractivity contribution in [2.75, 3.05) is 10.6 Å². The zero-order chi connectivity index (χ0) is 15.0. The Morgan fingerprint density at radius 3 is 2.90 bits per heavy atom. The first-order valence-electron chi connectivity index (χ1n) is 6.20. The number of fused-ring (bicyclic) bond motifs is 1. The standard InChI is InChI=1S/C14H11BrN2O4/c1-7-13(18)17-10-6-8(2-3-11(10)21-7)16-14(19)9-4-5-20-12(9)15/h2-7H,1H3,(H,16,19)(H,17,18). The van der Waals surface area contributed by atoms with E-state index in [2.05, 4.69) is 26.6 Å². The minimum atomic E-state index is -0.528. The van der Waals surface area contributed by atoms with E-state index in [-0.39, 0.29) is 11.8 Å². The van der Waals surface area contributed by atoms with E-state index in [4.69, 9.17) is 9.15 Å². The predicted molar refractivity (Wildman–Crippen MR) is 79.5 cm³/mol. The van der Waals surface area contributed by atoms with Gasteiger partial charge in [-0.2, -0.15) is 0 Å². The summed E-state index contributed by atoms with van der Waals surface area (Å²) >= 11 is 3.15. The van der Waals surface area contributed by atoms with Crippen molar-refractivity contribution >= 4 is 39.1 Å². The summed E-state index contributed by atoms with van der Waals surface area (Å²) in [5, 5.41) is 5.45. The van der Waals surface area contributed by atoms with Crippen LogP contribution in [0.15, 0.2) is 39.6 Å². The first-order chi connectivity index (χ1) is 10.0. The molecule has 0 aliphatic carbocycles. The third-order valence-electron chi connectivity index (χ3n) is 3.03. The van der Waals surface area contributed by atoms with E-state index in [0.29, 0.717) is 27.4 Å². The molecule has 2 N–H and O–H groups in total.